The molecule has 0 amide bonds. The highest BCUT2D eigenvalue weighted by Gasteiger charge is 2.37. The Morgan fingerprint density at radius 2 is 1.94 bits per heavy atom. The van der Waals surface area contributed by atoms with Crippen molar-refractivity contribution in [2.75, 3.05) is 12.2 Å². The average Bonchev–Trinajstić information content (AvgIpc) is 2.73. The molecule has 0 atom stereocenters. The van der Waals surface area contributed by atoms with E-state index in [0.29, 0.717) is 9.98 Å². The number of carbonyl (C=O) groups is 1. The lowest BCUT2D eigenvalue weighted by Crippen LogP contribution is -2.10. The minimum absolute atomic E-state index is 0.130. The molecule has 1 aromatic carbocycles. The molecule has 2 nitrogen and oxygen atoms in total. The molecule has 17 heavy (non-hydrogen) atoms. The van der Waals surface area contributed by atoms with Gasteiger partial charge in [0.2, 0.25) is 0 Å². The monoisotopic (exact) mass is 280 g/mol. The van der Waals surface area contributed by atoms with E-state index < -0.39 is 17.7 Å². The molecule has 0 fully saturated rings. The van der Waals surface area contributed by atoms with Crippen LogP contribution in [0.2, 0.25) is 0 Å². The van der Waals surface area contributed by atoms with E-state index in [2.05, 4.69) is 4.74 Å². The van der Waals surface area contributed by atoms with Gasteiger partial charge < -0.3 is 4.74 Å². The summed E-state index contributed by atoms with van der Waals surface area (Å²) in [7, 11) is 1.21. The Labute approximate surface area is 104 Å². The van der Waals surface area contributed by atoms with Gasteiger partial charge in [-0.2, -0.15) is 13.2 Å². The van der Waals surface area contributed by atoms with Gasteiger partial charge in [-0.05, 0) is 12.1 Å². The predicted molar refractivity (Wildman–Crippen MR) is 59.4 cm³/mol. The number of benzene rings is 1. The number of ether oxygens (including phenoxy) is 1. The largest absolute Gasteiger partial charge is 0.465 e. The van der Waals surface area contributed by atoms with Gasteiger partial charge in [0.15, 0.2) is 0 Å². The predicted octanol–water partition coefficient (Wildman–Crippen LogP) is 3.65. The van der Waals surface area contributed by atoms with Crippen molar-refractivity contribution < 1.29 is 22.7 Å². The summed E-state index contributed by atoms with van der Waals surface area (Å²) in [6.45, 7) is 0. The van der Waals surface area contributed by atoms with Crippen LogP contribution in [0.1, 0.15) is 15.9 Å². The standard InChI is InChI=1S/C10H7F3O2S2/c1-15-9(14)5-2-3-6(10(11,12)13)8-7(5)16-4-17-8/h2-3H,4H2,1H3. The summed E-state index contributed by atoms with van der Waals surface area (Å²) in [5.74, 6) is -0.607. The maximum Gasteiger partial charge on any atom is 0.417 e. The van der Waals surface area contributed by atoms with Crippen molar-refractivity contribution in [2.24, 2.45) is 0 Å². The zero-order valence-electron chi connectivity index (χ0n) is 8.63. The Kier molecular flexibility index (Phi) is 3.31. The lowest BCUT2D eigenvalue weighted by Gasteiger charge is -2.12. The number of esters is 1. The van der Waals surface area contributed by atoms with Gasteiger partial charge in [-0.1, -0.05) is 0 Å². The number of rotatable bonds is 1. The molecule has 7 heteroatoms. The molecule has 1 heterocycles. The molecule has 0 aliphatic carbocycles. The van der Waals surface area contributed by atoms with Crippen LogP contribution >= 0.6 is 23.5 Å². The highest BCUT2D eigenvalue weighted by Crippen LogP contribution is 2.49. The summed E-state index contributed by atoms with van der Waals surface area (Å²) in [5.41, 5.74) is -0.486. The summed E-state index contributed by atoms with van der Waals surface area (Å²) in [4.78, 5) is 11.9. The second kappa shape index (κ2) is 4.45. The van der Waals surface area contributed by atoms with Crippen molar-refractivity contribution >= 4 is 29.5 Å². The van der Waals surface area contributed by atoms with Crippen LogP contribution in [0.4, 0.5) is 13.2 Å². The minimum Gasteiger partial charge on any atom is -0.465 e. The third-order valence-corrected chi connectivity index (χ3v) is 4.73. The number of fused-ring (bicyclic) bond motifs is 1. The maximum atomic E-state index is 12.7. The molecule has 0 unspecified atom stereocenters. The van der Waals surface area contributed by atoms with Crippen LogP contribution in [0.3, 0.4) is 0 Å². The Morgan fingerprint density at radius 3 is 2.53 bits per heavy atom. The first-order valence-corrected chi connectivity index (χ1v) is 6.50. The van der Waals surface area contributed by atoms with E-state index >= 15 is 0 Å². The number of methoxy groups -OCH3 is 1. The van der Waals surface area contributed by atoms with Crippen LogP contribution in [0, 0.1) is 0 Å². The third-order valence-electron chi connectivity index (χ3n) is 2.23. The number of thioether (sulfide) groups is 2. The minimum atomic E-state index is -4.39. The molecule has 0 bridgehead atoms. The highest BCUT2D eigenvalue weighted by molar-refractivity contribution is 8.18. The van der Waals surface area contributed by atoms with Crippen molar-refractivity contribution in [3.63, 3.8) is 0 Å². The summed E-state index contributed by atoms with van der Waals surface area (Å²) >= 11 is 2.33. The van der Waals surface area contributed by atoms with Crippen molar-refractivity contribution in [1.29, 1.82) is 0 Å². The first kappa shape index (κ1) is 12.6. The molecule has 0 aromatic heterocycles. The maximum absolute atomic E-state index is 12.7. The zero-order chi connectivity index (χ0) is 12.6. The average molecular weight is 280 g/mol. The van der Waals surface area contributed by atoms with Crippen LogP contribution in [0.25, 0.3) is 0 Å². The summed E-state index contributed by atoms with van der Waals surface area (Å²) in [6, 6.07) is 2.11. The van der Waals surface area contributed by atoms with Gasteiger partial charge in [-0.25, -0.2) is 4.79 Å². The normalized spacial score (nSPS) is 14.6. The topological polar surface area (TPSA) is 26.3 Å². The van der Waals surface area contributed by atoms with Gasteiger partial charge in [0.05, 0.1) is 18.2 Å². The van der Waals surface area contributed by atoms with E-state index in [0.717, 1.165) is 17.8 Å². The second-order valence-corrected chi connectivity index (χ2v) is 5.55. The molecule has 1 aliphatic heterocycles. The number of alkyl halides is 3. The number of halogens is 3. The fourth-order valence-corrected chi connectivity index (χ4v) is 4.15. The van der Waals surface area contributed by atoms with E-state index in [1.54, 1.807) is 0 Å². The molecule has 2 rings (SSSR count). The van der Waals surface area contributed by atoms with E-state index in [9.17, 15) is 18.0 Å². The Hall–Kier alpha value is -0.820. The van der Waals surface area contributed by atoms with Crippen molar-refractivity contribution in [1.82, 2.24) is 0 Å². The summed E-state index contributed by atoms with van der Waals surface area (Å²) in [6.07, 6.45) is -4.39. The highest BCUT2D eigenvalue weighted by atomic mass is 32.2. The molecule has 1 aromatic rings. The fraction of sp³-hybridized carbons (Fsp3) is 0.300. The summed E-state index contributed by atoms with van der Waals surface area (Å²) < 4.78 is 42.7. The molecule has 0 spiro atoms. The second-order valence-electron chi connectivity index (χ2n) is 3.21. The lowest BCUT2D eigenvalue weighted by molar-refractivity contribution is -0.140. The first-order valence-electron chi connectivity index (χ1n) is 4.53. The fourth-order valence-electron chi connectivity index (χ4n) is 1.49. The first-order chi connectivity index (χ1) is 7.95. The Morgan fingerprint density at radius 1 is 1.29 bits per heavy atom. The van der Waals surface area contributed by atoms with Crippen molar-refractivity contribution in [3.8, 4) is 0 Å². The molecule has 0 saturated heterocycles. The molecule has 0 radical (unpaired) electrons. The van der Waals surface area contributed by atoms with Crippen LogP contribution in [0.15, 0.2) is 21.9 Å². The van der Waals surface area contributed by atoms with Crippen LogP contribution in [0.5, 0.6) is 0 Å². The quantitative estimate of drug-likeness (QED) is 0.734. The van der Waals surface area contributed by atoms with E-state index in [1.807, 2.05) is 0 Å². The Bertz CT molecular complexity index is 471. The molecule has 0 N–H and O–H groups in total. The van der Waals surface area contributed by atoms with Gasteiger partial charge in [0, 0.05) is 14.9 Å². The van der Waals surface area contributed by atoms with Crippen molar-refractivity contribution in [2.45, 2.75) is 16.0 Å². The van der Waals surface area contributed by atoms with Gasteiger partial charge in [-0.3, -0.25) is 0 Å². The number of hydrogen-bond donors (Lipinski definition) is 0. The van der Waals surface area contributed by atoms with Crippen molar-refractivity contribution in [3.05, 3.63) is 23.3 Å². The number of carbonyl (C=O) groups excluding carboxylic acids is 1. The molecule has 0 saturated carbocycles. The molecule has 92 valence electrons. The summed E-state index contributed by atoms with van der Waals surface area (Å²) in [5, 5.41) is 0.479. The molecular formula is C10H7F3O2S2. The van der Waals surface area contributed by atoms with Gasteiger partial charge >= 0.3 is 12.1 Å². The van der Waals surface area contributed by atoms with Crippen LogP contribution in [-0.4, -0.2) is 18.2 Å². The zero-order valence-corrected chi connectivity index (χ0v) is 10.3. The Balaban J connectivity index is 2.57. The van der Waals surface area contributed by atoms with E-state index in [4.69, 9.17) is 0 Å². The molecular weight excluding hydrogens is 273 g/mol. The van der Waals surface area contributed by atoms with Gasteiger partial charge in [0.1, 0.15) is 0 Å². The smallest absolute Gasteiger partial charge is 0.417 e. The number of hydrogen-bond acceptors (Lipinski definition) is 4. The lowest BCUT2D eigenvalue weighted by atomic mass is 10.1. The van der Waals surface area contributed by atoms with Crippen LogP contribution < -0.4 is 0 Å². The van der Waals surface area contributed by atoms with Gasteiger partial charge in [0.25, 0.3) is 0 Å². The van der Waals surface area contributed by atoms with Gasteiger partial charge in [-0.15, -0.1) is 23.5 Å². The van der Waals surface area contributed by atoms with Crippen LogP contribution in [-0.2, 0) is 10.9 Å². The molecule has 1 aliphatic rings. The third kappa shape index (κ3) is 2.26. The van der Waals surface area contributed by atoms with E-state index in [-0.39, 0.29) is 10.5 Å². The SMILES string of the molecule is COC(=O)c1ccc(C(F)(F)F)c2c1SCS2. The van der Waals surface area contributed by atoms with E-state index in [1.165, 1.54) is 24.9 Å².